The zero-order chi connectivity index (χ0) is 31.0. The van der Waals surface area contributed by atoms with Gasteiger partial charge in [0.1, 0.15) is 24.7 Å². The lowest BCUT2D eigenvalue weighted by molar-refractivity contribution is 0.285. The summed E-state index contributed by atoms with van der Waals surface area (Å²) in [6.07, 6.45) is 8.20. The topological polar surface area (TPSA) is 44.2 Å². The summed E-state index contributed by atoms with van der Waals surface area (Å²) in [6.45, 7) is 0.921. The standard InChI is InChI=1S/C42H32N2O2/c1-2-10-36(30-46-40-27-17-32(18-28-40)14-22-38-24-20-34-8-4-6-12-42(34)44-38)35(9-1)29-45-39-25-15-31(16-26-39)13-21-37-23-19-33-7-3-5-11-41(33)43-37/h1-28H,29-30H2/b21-13+,22-14+. The molecule has 2 aromatic heterocycles. The first-order valence-electron chi connectivity index (χ1n) is 15.4. The minimum absolute atomic E-state index is 0.461. The van der Waals surface area contributed by atoms with E-state index in [0.29, 0.717) is 13.2 Å². The maximum atomic E-state index is 6.15. The van der Waals surface area contributed by atoms with Gasteiger partial charge in [0.2, 0.25) is 0 Å². The molecule has 0 amide bonds. The molecular weight excluding hydrogens is 564 g/mol. The molecule has 0 unspecified atom stereocenters. The van der Waals surface area contributed by atoms with Crippen molar-refractivity contribution >= 4 is 46.1 Å². The van der Waals surface area contributed by atoms with E-state index < -0.39 is 0 Å². The third-order valence-electron chi connectivity index (χ3n) is 7.80. The van der Waals surface area contributed by atoms with Gasteiger partial charge in [0.15, 0.2) is 0 Å². The van der Waals surface area contributed by atoms with Crippen LogP contribution < -0.4 is 9.47 Å². The smallest absolute Gasteiger partial charge is 0.119 e. The molecule has 0 spiro atoms. The summed E-state index contributed by atoms with van der Waals surface area (Å²) in [6, 6.07) is 49.0. The Balaban J connectivity index is 0.926. The Labute approximate surface area is 268 Å². The Morgan fingerprint density at radius 1 is 0.391 bits per heavy atom. The first kappa shape index (κ1) is 28.8. The van der Waals surface area contributed by atoms with Crippen LogP contribution in [0.25, 0.3) is 46.1 Å². The molecule has 0 saturated carbocycles. The zero-order valence-corrected chi connectivity index (χ0v) is 25.3. The van der Waals surface area contributed by atoms with Gasteiger partial charge in [0.05, 0.1) is 22.4 Å². The number of nitrogens with zero attached hydrogens (tertiary/aromatic N) is 2. The van der Waals surface area contributed by atoms with Crippen LogP contribution in [0.4, 0.5) is 0 Å². The lowest BCUT2D eigenvalue weighted by atomic mass is 10.1. The van der Waals surface area contributed by atoms with E-state index in [4.69, 9.17) is 19.4 Å². The highest BCUT2D eigenvalue weighted by Crippen LogP contribution is 2.21. The molecule has 2 heterocycles. The lowest BCUT2D eigenvalue weighted by Crippen LogP contribution is -2.03. The van der Waals surface area contributed by atoms with Gasteiger partial charge >= 0.3 is 0 Å². The summed E-state index contributed by atoms with van der Waals surface area (Å²) < 4.78 is 12.3. The van der Waals surface area contributed by atoms with Gasteiger partial charge < -0.3 is 9.47 Å². The van der Waals surface area contributed by atoms with Crippen molar-refractivity contribution in [1.82, 2.24) is 9.97 Å². The Kier molecular flexibility index (Phi) is 8.59. The number of ether oxygens (including phenoxy) is 2. The Morgan fingerprint density at radius 2 is 0.804 bits per heavy atom. The van der Waals surface area contributed by atoms with Crippen LogP contribution in [0.3, 0.4) is 0 Å². The number of hydrogen-bond acceptors (Lipinski definition) is 4. The predicted molar refractivity (Wildman–Crippen MR) is 189 cm³/mol. The molecule has 0 atom stereocenters. The van der Waals surface area contributed by atoms with Crippen LogP contribution in [0, 0.1) is 0 Å². The molecule has 5 aromatic carbocycles. The first-order chi connectivity index (χ1) is 22.7. The number of pyridine rings is 2. The predicted octanol–water partition coefficient (Wildman–Crippen LogP) is 10.3. The molecule has 0 aliphatic rings. The molecule has 7 rings (SSSR count). The molecule has 4 nitrogen and oxygen atoms in total. The minimum Gasteiger partial charge on any atom is -0.489 e. The van der Waals surface area contributed by atoms with Crippen molar-refractivity contribution in [1.29, 1.82) is 0 Å². The third-order valence-corrected chi connectivity index (χ3v) is 7.80. The number of rotatable bonds is 10. The summed E-state index contributed by atoms with van der Waals surface area (Å²) in [5.74, 6) is 1.64. The van der Waals surface area contributed by atoms with Crippen LogP contribution in [0.2, 0.25) is 0 Å². The van der Waals surface area contributed by atoms with Crippen molar-refractivity contribution in [3.63, 3.8) is 0 Å². The fraction of sp³-hybridized carbons (Fsp3) is 0.0476. The highest BCUT2D eigenvalue weighted by atomic mass is 16.5. The number of fused-ring (bicyclic) bond motifs is 2. The monoisotopic (exact) mass is 596 g/mol. The summed E-state index contributed by atoms with van der Waals surface area (Å²) in [5.41, 5.74) is 8.21. The maximum absolute atomic E-state index is 6.15. The van der Waals surface area contributed by atoms with Gasteiger partial charge in [-0.15, -0.1) is 0 Å². The molecule has 0 aliphatic carbocycles. The van der Waals surface area contributed by atoms with E-state index in [9.17, 15) is 0 Å². The van der Waals surface area contributed by atoms with E-state index in [2.05, 4.69) is 72.8 Å². The molecule has 0 radical (unpaired) electrons. The molecule has 0 saturated heterocycles. The number of hydrogen-bond donors (Lipinski definition) is 0. The van der Waals surface area contributed by atoms with Crippen LogP contribution in [0.1, 0.15) is 33.6 Å². The molecule has 46 heavy (non-hydrogen) atoms. The number of aromatic nitrogens is 2. The number of benzene rings is 5. The van der Waals surface area contributed by atoms with Crippen LogP contribution in [-0.2, 0) is 13.2 Å². The van der Waals surface area contributed by atoms with Gasteiger partial charge in [0.25, 0.3) is 0 Å². The van der Waals surface area contributed by atoms with Gasteiger partial charge in [-0.1, -0.05) is 109 Å². The molecular formula is C42H32N2O2. The second-order valence-corrected chi connectivity index (χ2v) is 11.0. The van der Waals surface area contributed by atoms with Gasteiger partial charge in [-0.2, -0.15) is 0 Å². The summed E-state index contributed by atoms with van der Waals surface area (Å²) in [7, 11) is 0. The van der Waals surface area contributed by atoms with Crippen LogP contribution >= 0.6 is 0 Å². The second kappa shape index (κ2) is 13.7. The van der Waals surface area contributed by atoms with E-state index in [-0.39, 0.29) is 0 Å². The third kappa shape index (κ3) is 7.20. The quantitative estimate of drug-likeness (QED) is 0.158. The highest BCUT2D eigenvalue weighted by molar-refractivity contribution is 5.82. The highest BCUT2D eigenvalue weighted by Gasteiger charge is 2.05. The van der Waals surface area contributed by atoms with Crippen molar-refractivity contribution < 1.29 is 9.47 Å². The van der Waals surface area contributed by atoms with E-state index in [1.165, 1.54) is 0 Å². The van der Waals surface area contributed by atoms with Crippen molar-refractivity contribution in [3.05, 3.63) is 179 Å². The molecule has 7 aromatic rings. The van der Waals surface area contributed by atoms with Gasteiger partial charge in [-0.3, -0.25) is 0 Å². The van der Waals surface area contributed by atoms with Crippen LogP contribution in [-0.4, -0.2) is 9.97 Å². The van der Waals surface area contributed by atoms with Crippen molar-refractivity contribution in [2.75, 3.05) is 0 Å². The fourth-order valence-electron chi connectivity index (χ4n) is 5.22. The lowest BCUT2D eigenvalue weighted by Gasteiger charge is -2.13. The average Bonchev–Trinajstić information content (AvgIpc) is 3.12. The SMILES string of the molecule is C(=C\c1ccc2ccccc2n1)/c1ccc(OCc2ccccc2COc2ccc(/C=C/c3ccc4ccccc4n3)cc2)cc1. The van der Waals surface area contributed by atoms with E-state index in [1.807, 2.05) is 97.1 Å². The molecule has 4 heteroatoms. The largest absolute Gasteiger partial charge is 0.489 e. The molecule has 0 aliphatic heterocycles. The Hall–Kier alpha value is -6.00. The molecule has 0 N–H and O–H groups in total. The zero-order valence-electron chi connectivity index (χ0n) is 25.3. The summed E-state index contributed by atoms with van der Waals surface area (Å²) >= 11 is 0. The van der Waals surface area contributed by atoms with Crippen molar-refractivity contribution in [3.8, 4) is 11.5 Å². The Morgan fingerprint density at radius 3 is 1.26 bits per heavy atom. The van der Waals surface area contributed by atoms with Gasteiger partial charge in [-0.25, -0.2) is 9.97 Å². The summed E-state index contributed by atoms with van der Waals surface area (Å²) in [5, 5.41) is 2.28. The first-order valence-corrected chi connectivity index (χ1v) is 15.4. The van der Waals surface area contributed by atoms with Crippen molar-refractivity contribution in [2.45, 2.75) is 13.2 Å². The minimum atomic E-state index is 0.461. The van der Waals surface area contributed by atoms with Gasteiger partial charge in [0, 0.05) is 10.8 Å². The Bertz CT molecular complexity index is 1990. The molecule has 0 bridgehead atoms. The van der Waals surface area contributed by atoms with E-state index >= 15 is 0 Å². The normalized spacial score (nSPS) is 11.5. The summed E-state index contributed by atoms with van der Waals surface area (Å²) in [4.78, 5) is 9.43. The van der Waals surface area contributed by atoms with Crippen molar-refractivity contribution in [2.24, 2.45) is 0 Å². The van der Waals surface area contributed by atoms with Crippen LogP contribution in [0.5, 0.6) is 11.5 Å². The van der Waals surface area contributed by atoms with E-state index in [0.717, 1.165) is 66.9 Å². The maximum Gasteiger partial charge on any atom is 0.119 e. The average molecular weight is 597 g/mol. The van der Waals surface area contributed by atoms with E-state index in [1.54, 1.807) is 0 Å². The van der Waals surface area contributed by atoms with Gasteiger partial charge in [-0.05, 0) is 82.9 Å². The number of para-hydroxylation sites is 2. The molecule has 0 fully saturated rings. The molecule has 222 valence electrons. The second-order valence-electron chi connectivity index (χ2n) is 11.0. The fourth-order valence-corrected chi connectivity index (χ4v) is 5.22. The van der Waals surface area contributed by atoms with Crippen LogP contribution in [0.15, 0.2) is 146 Å².